The molecule has 220 valence electrons. The summed E-state index contributed by atoms with van der Waals surface area (Å²) in [7, 11) is 0. The van der Waals surface area contributed by atoms with Crippen molar-refractivity contribution in [3.8, 4) is 0 Å². The minimum atomic E-state index is -0.403. The molecular formula is C33H52O6. The number of carbonyl (C=O) groups is 3. The Morgan fingerprint density at radius 3 is 2.26 bits per heavy atom. The van der Waals surface area contributed by atoms with Crippen molar-refractivity contribution in [1.82, 2.24) is 0 Å². The number of carbonyl (C=O) groups excluding carboxylic acids is 3. The summed E-state index contributed by atoms with van der Waals surface area (Å²) in [6.45, 7) is 14.4. The first-order chi connectivity index (χ1) is 18.3. The van der Waals surface area contributed by atoms with Crippen LogP contribution < -0.4 is 0 Å². The molecule has 4 rings (SSSR count). The van der Waals surface area contributed by atoms with E-state index in [1.54, 1.807) is 0 Å². The SMILES string of the molecule is CC(=O)OC[C@H](CCCC(C)C)[C@H]1CC[C@H]2[C@@H]3CC=C4C[C@H](OC(C)=O)[C@@H](OC(C)=O)C[C@]4(C)[C@H]3CC[C@]12C. The van der Waals surface area contributed by atoms with Gasteiger partial charge in [0.1, 0.15) is 12.2 Å². The highest BCUT2D eigenvalue weighted by atomic mass is 16.6. The summed E-state index contributed by atoms with van der Waals surface area (Å²) in [5.41, 5.74) is 1.60. The Balaban J connectivity index is 1.55. The van der Waals surface area contributed by atoms with E-state index in [9.17, 15) is 14.4 Å². The van der Waals surface area contributed by atoms with Crippen molar-refractivity contribution in [3.05, 3.63) is 11.6 Å². The van der Waals surface area contributed by atoms with E-state index in [1.807, 2.05) is 0 Å². The quantitative estimate of drug-likeness (QED) is 0.176. The van der Waals surface area contributed by atoms with Gasteiger partial charge >= 0.3 is 17.9 Å². The van der Waals surface area contributed by atoms with Gasteiger partial charge in [0, 0.05) is 27.2 Å². The van der Waals surface area contributed by atoms with Gasteiger partial charge in [-0.2, -0.15) is 0 Å². The van der Waals surface area contributed by atoms with Crippen molar-refractivity contribution >= 4 is 17.9 Å². The molecule has 6 nitrogen and oxygen atoms in total. The molecule has 0 saturated heterocycles. The molecule has 0 aliphatic heterocycles. The number of ether oxygens (including phenoxy) is 3. The fourth-order valence-electron chi connectivity index (χ4n) is 9.54. The number of allylic oxidation sites excluding steroid dienone is 1. The molecule has 0 heterocycles. The second-order valence-corrected chi connectivity index (χ2v) is 14.1. The average molecular weight is 545 g/mol. The molecule has 4 aliphatic rings. The number of esters is 3. The fourth-order valence-corrected chi connectivity index (χ4v) is 9.54. The van der Waals surface area contributed by atoms with E-state index in [0.717, 1.165) is 12.8 Å². The normalized spacial score (nSPS) is 38.1. The van der Waals surface area contributed by atoms with E-state index in [-0.39, 0.29) is 28.7 Å². The van der Waals surface area contributed by atoms with Crippen LogP contribution in [0, 0.1) is 46.3 Å². The second kappa shape index (κ2) is 11.9. The topological polar surface area (TPSA) is 78.9 Å². The molecule has 3 fully saturated rings. The summed E-state index contributed by atoms with van der Waals surface area (Å²) >= 11 is 0. The Bertz CT molecular complexity index is 954. The van der Waals surface area contributed by atoms with Gasteiger partial charge in [0.05, 0.1) is 6.61 Å². The maximum absolute atomic E-state index is 12.0. The second-order valence-electron chi connectivity index (χ2n) is 14.1. The zero-order chi connectivity index (χ0) is 28.5. The van der Waals surface area contributed by atoms with Crippen LogP contribution in [0.15, 0.2) is 11.6 Å². The standard InChI is InChI=1S/C33H52O6/c1-20(2)9-8-10-24(19-37-21(3)34)27-13-14-28-26-12-11-25-17-30(38-22(4)35)31(39-23(5)36)18-33(25,7)29(26)15-16-32(27,28)6/h11,20,24,26-31H,8-10,12-19H2,1-7H3/t24-,26-,27+,28-,29-,30-,31-,32+,33-/m0/s1. The lowest BCUT2D eigenvalue weighted by Gasteiger charge is -2.59. The third-order valence-corrected chi connectivity index (χ3v) is 11.2. The molecule has 0 amide bonds. The van der Waals surface area contributed by atoms with E-state index in [4.69, 9.17) is 14.2 Å². The van der Waals surface area contributed by atoms with E-state index in [2.05, 4.69) is 33.8 Å². The van der Waals surface area contributed by atoms with Gasteiger partial charge in [0.25, 0.3) is 0 Å². The highest BCUT2D eigenvalue weighted by Crippen LogP contribution is 2.67. The number of hydrogen-bond acceptors (Lipinski definition) is 6. The van der Waals surface area contributed by atoms with Crippen LogP contribution in [0.4, 0.5) is 0 Å². The smallest absolute Gasteiger partial charge is 0.303 e. The summed E-state index contributed by atoms with van der Waals surface area (Å²) in [5.74, 6) is 2.70. The zero-order valence-corrected chi connectivity index (χ0v) is 25.4. The van der Waals surface area contributed by atoms with Gasteiger partial charge in [0.15, 0.2) is 0 Å². The van der Waals surface area contributed by atoms with Crippen LogP contribution in [0.2, 0.25) is 0 Å². The third-order valence-electron chi connectivity index (χ3n) is 11.2. The molecule has 0 aromatic heterocycles. The molecule has 3 saturated carbocycles. The summed E-state index contributed by atoms with van der Waals surface area (Å²) in [5, 5.41) is 0. The molecule has 0 spiro atoms. The monoisotopic (exact) mass is 544 g/mol. The predicted octanol–water partition coefficient (Wildman–Crippen LogP) is 7.04. The summed E-state index contributed by atoms with van der Waals surface area (Å²) in [6.07, 6.45) is 12.5. The molecule has 6 heteroatoms. The fraction of sp³-hybridized carbons (Fsp3) is 0.848. The van der Waals surface area contributed by atoms with E-state index in [1.165, 1.54) is 64.9 Å². The van der Waals surface area contributed by atoms with Gasteiger partial charge < -0.3 is 14.2 Å². The lowest BCUT2D eigenvalue weighted by molar-refractivity contribution is -0.174. The first-order valence-corrected chi connectivity index (χ1v) is 15.5. The summed E-state index contributed by atoms with van der Waals surface area (Å²) in [4.78, 5) is 35.6. The van der Waals surface area contributed by atoms with Gasteiger partial charge in [-0.1, -0.05) is 52.2 Å². The first-order valence-electron chi connectivity index (χ1n) is 15.5. The molecular weight excluding hydrogens is 492 g/mol. The van der Waals surface area contributed by atoms with Crippen molar-refractivity contribution in [2.45, 2.75) is 125 Å². The zero-order valence-electron chi connectivity index (χ0n) is 25.4. The van der Waals surface area contributed by atoms with Crippen LogP contribution in [-0.2, 0) is 28.6 Å². The van der Waals surface area contributed by atoms with E-state index < -0.39 is 12.2 Å². The highest BCUT2D eigenvalue weighted by molar-refractivity contribution is 5.67. The Labute approximate surface area is 236 Å². The molecule has 0 aromatic carbocycles. The van der Waals surface area contributed by atoms with Crippen LogP contribution in [0.25, 0.3) is 0 Å². The van der Waals surface area contributed by atoms with Crippen molar-refractivity contribution in [2.24, 2.45) is 46.3 Å². The van der Waals surface area contributed by atoms with Crippen LogP contribution in [0.3, 0.4) is 0 Å². The first kappa shape index (κ1) is 30.1. The molecule has 9 atom stereocenters. The van der Waals surface area contributed by atoms with Crippen molar-refractivity contribution in [3.63, 3.8) is 0 Å². The molecule has 0 unspecified atom stereocenters. The Kier molecular flexibility index (Phi) is 9.22. The molecule has 4 aliphatic carbocycles. The third kappa shape index (κ3) is 6.25. The summed E-state index contributed by atoms with van der Waals surface area (Å²) < 4.78 is 17.1. The van der Waals surface area contributed by atoms with E-state index in [0.29, 0.717) is 55.0 Å². The largest absolute Gasteiger partial charge is 0.466 e. The number of rotatable bonds is 9. The Morgan fingerprint density at radius 1 is 0.923 bits per heavy atom. The molecule has 0 radical (unpaired) electrons. The van der Waals surface area contributed by atoms with Crippen LogP contribution in [0.1, 0.15) is 113 Å². The van der Waals surface area contributed by atoms with Gasteiger partial charge in [-0.15, -0.1) is 0 Å². The van der Waals surface area contributed by atoms with Crippen molar-refractivity contribution in [1.29, 1.82) is 0 Å². The van der Waals surface area contributed by atoms with Crippen molar-refractivity contribution in [2.75, 3.05) is 6.61 Å². The Morgan fingerprint density at radius 2 is 1.62 bits per heavy atom. The van der Waals surface area contributed by atoms with Gasteiger partial charge in [-0.25, -0.2) is 0 Å². The van der Waals surface area contributed by atoms with Crippen LogP contribution in [-0.4, -0.2) is 36.7 Å². The van der Waals surface area contributed by atoms with Gasteiger partial charge in [-0.05, 0) is 91.3 Å². The maximum atomic E-state index is 12.0. The lowest BCUT2D eigenvalue weighted by Crippen LogP contribution is -2.54. The Hall–Kier alpha value is -1.85. The highest BCUT2D eigenvalue weighted by Gasteiger charge is 2.60. The van der Waals surface area contributed by atoms with Crippen LogP contribution in [0.5, 0.6) is 0 Å². The number of hydrogen-bond donors (Lipinski definition) is 0. The van der Waals surface area contributed by atoms with E-state index >= 15 is 0 Å². The summed E-state index contributed by atoms with van der Waals surface area (Å²) in [6, 6.07) is 0. The van der Waals surface area contributed by atoms with Gasteiger partial charge in [-0.3, -0.25) is 14.4 Å². The predicted molar refractivity (Wildman–Crippen MR) is 150 cm³/mol. The van der Waals surface area contributed by atoms with Crippen molar-refractivity contribution < 1.29 is 28.6 Å². The molecule has 0 bridgehead atoms. The maximum Gasteiger partial charge on any atom is 0.303 e. The minimum absolute atomic E-state index is 0.0481. The minimum Gasteiger partial charge on any atom is -0.466 e. The molecule has 0 N–H and O–H groups in total. The average Bonchev–Trinajstić information content (AvgIpc) is 3.18. The lowest BCUT2D eigenvalue weighted by atomic mass is 9.46. The number of fused-ring (bicyclic) bond motifs is 5. The molecule has 0 aromatic rings. The van der Waals surface area contributed by atoms with Gasteiger partial charge in [0.2, 0.25) is 0 Å². The molecule has 39 heavy (non-hydrogen) atoms. The van der Waals surface area contributed by atoms with Crippen LogP contribution >= 0.6 is 0 Å².